The number of pyridine rings is 2. The minimum Gasteiger partial charge on any atom is -0.255 e. The first-order chi connectivity index (χ1) is 11.0. The van der Waals surface area contributed by atoms with Gasteiger partial charge in [-0.15, -0.1) is 0 Å². The van der Waals surface area contributed by atoms with Crippen LogP contribution in [0.25, 0.3) is 22.3 Å². The van der Waals surface area contributed by atoms with Gasteiger partial charge in [0.05, 0.1) is 0 Å². The van der Waals surface area contributed by atoms with E-state index >= 15 is 0 Å². The summed E-state index contributed by atoms with van der Waals surface area (Å²) >= 11 is 5.96. The maximum atomic E-state index is 12.8. The highest BCUT2D eigenvalue weighted by atomic mass is 35.5. The smallest absolute Gasteiger partial charge is 0.255 e. The summed E-state index contributed by atoms with van der Waals surface area (Å²) < 4.78 is 25.7. The van der Waals surface area contributed by atoms with E-state index in [0.29, 0.717) is 10.7 Å². The van der Waals surface area contributed by atoms with E-state index in [0.717, 1.165) is 22.3 Å². The van der Waals surface area contributed by atoms with Gasteiger partial charge in [0, 0.05) is 12.4 Å². The summed E-state index contributed by atoms with van der Waals surface area (Å²) in [4.78, 5) is 7.68. The molecule has 0 fully saturated rings. The zero-order valence-electron chi connectivity index (χ0n) is 12.3. The van der Waals surface area contributed by atoms with Gasteiger partial charge in [-0.05, 0) is 65.1 Å². The molecule has 0 saturated carbocycles. The molecule has 3 rings (SSSR count). The van der Waals surface area contributed by atoms with Crippen LogP contribution in [-0.2, 0) is 0 Å². The lowest BCUT2D eigenvalue weighted by atomic mass is 9.96. The minimum atomic E-state index is -2.58. The molecule has 0 saturated heterocycles. The van der Waals surface area contributed by atoms with Gasteiger partial charge in [0.15, 0.2) is 0 Å². The molecule has 0 aliphatic heterocycles. The van der Waals surface area contributed by atoms with Crippen LogP contribution in [0.2, 0.25) is 5.15 Å². The predicted octanol–water partition coefficient (Wildman–Crippen LogP) is 5.71. The minimum absolute atomic E-state index is 0.225. The monoisotopic (exact) mass is 330 g/mol. The molecule has 3 aromatic rings. The summed E-state index contributed by atoms with van der Waals surface area (Å²) in [6.07, 6.45) is 0.462. The molecule has 2 aromatic heterocycles. The number of rotatable bonds is 3. The first-order valence-corrected chi connectivity index (χ1v) is 7.39. The Kier molecular flexibility index (Phi) is 4.35. The van der Waals surface area contributed by atoms with E-state index in [1.165, 1.54) is 12.3 Å². The van der Waals surface area contributed by atoms with Crippen molar-refractivity contribution in [1.29, 1.82) is 0 Å². The van der Waals surface area contributed by atoms with Gasteiger partial charge in [-0.3, -0.25) is 4.98 Å². The van der Waals surface area contributed by atoms with Gasteiger partial charge >= 0.3 is 0 Å². The van der Waals surface area contributed by atoms with Crippen molar-refractivity contribution in [2.75, 3.05) is 0 Å². The van der Waals surface area contributed by atoms with Gasteiger partial charge in [0.2, 0.25) is 0 Å². The Morgan fingerprint density at radius 1 is 0.870 bits per heavy atom. The van der Waals surface area contributed by atoms with Crippen LogP contribution in [0.1, 0.15) is 17.7 Å². The highest BCUT2D eigenvalue weighted by molar-refractivity contribution is 6.29. The Labute approximate surface area is 137 Å². The largest absolute Gasteiger partial charge is 0.280 e. The zero-order chi connectivity index (χ0) is 16.4. The van der Waals surface area contributed by atoms with Crippen molar-refractivity contribution in [3.63, 3.8) is 0 Å². The number of halogens is 3. The summed E-state index contributed by atoms with van der Waals surface area (Å²) in [6.45, 7) is 1.99. The lowest BCUT2D eigenvalue weighted by molar-refractivity contribution is 0.146. The Bertz CT molecular complexity index is 850. The van der Waals surface area contributed by atoms with Gasteiger partial charge in [-0.25, -0.2) is 13.8 Å². The molecule has 116 valence electrons. The first-order valence-electron chi connectivity index (χ1n) is 7.01. The second-order valence-corrected chi connectivity index (χ2v) is 5.55. The number of nitrogens with zero attached hydrogens (tertiary/aromatic N) is 2. The van der Waals surface area contributed by atoms with E-state index in [-0.39, 0.29) is 5.69 Å². The van der Waals surface area contributed by atoms with E-state index in [9.17, 15) is 8.78 Å². The van der Waals surface area contributed by atoms with Crippen LogP contribution in [0.15, 0.2) is 54.9 Å². The molecule has 0 atom stereocenters. The third kappa shape index (κ3) is 3.37. The number of hydrogen-bond donors (Lipinski definition) is 0. The summed E-state index contributed by atoms with van der Waals surface area (Å²) in [7, 11) is 0. The van der Waals surface area contributed by atoms with Crippen molar-refractivity contribution in [1.82, 2.24) is 9.97 Å². The quantitative estimate of drug-likeness (QED) is 0.575. The SMILES string of the molecule is Cc1ccc(-c2ccnc(C(F)F)c2)cc1-c1ccnc(Cl)c1. The second-order valence-electron chi connectivity index (χ2n) is 5.17. The fraction of sp³-hybridized carbons (Fsp3) is 0.111. The average molecular weight is 331 g/mol. The fourth-order valence-corrected chi connectivity index (χ4v) is 2.60. The normalized spacial score (nSPS) is 11.0. The molecule has 0 aliphatic carbocycles. The van der Waals surface area contributed by atoms with Crippen molar-refractivity contribution in [3.8, 4) is 22.3 Å². The topological polar surface area (TPSA) is 25.8 Å². The predicted molar refractivity (Wildman–Crippen MR) is 87.6 cm³/mol. The molecule has 0 spiro atoms. The van der Waals surface area contributed by atoms with Gasteiger partial charge in [0.1, 0.15) is 10.8 Å². The van der Waals surface area contributed by atoms with E-state index in [1.807, 2.05) is 31.2 Å². The van der Waals surface area contributed by atoms with Crippen LogP contribution in [0.4, 0.5) is 8.78 Å². The third-order valence-corrected chi connectivity index (χ3v) is 3.82. The van der Waals surface area contributed by atoms with E-state index in [4.69, 9.17) is 11.6 Å². The Morgan fingerprint density at radius 3 is 2.30 bits per heavy atom. The van der Waals surface area contributed by atoms with Crippen LogP contribution in [0.3, 0.4) is 0 Å². The van der Waals surface area contributed by atoms with Crippen LogP contribution in [0, 0.1) is 6.92 Å². The van der Waals surface area contributed by atoms with Crippen molar-refractivity contribution in [2.24, 2.45) is 0 Å². The van der Waals surface area contributed by atoms with E-state index in [2.05, 4.69) is 9.97 Å². The molecule has 2 nitrogen and oxygen atoms in total. The summed E-state index contributed by atoms with van der Waals surface area (Å²) in [6, 6.07) is 12.6. The molecular formula is C18H13ClF2N2. The first kappa shape index (κ1) is 15.6. The highest BCUT2D eigenvalue weighted by Gasteiger charge is 2.11. The van der Waals surface area contributed by atoms with E-state index in [1.54, 1.807) is 18.3 Å². The zero-order valence-corrected chi connectivity index (χ0v) is 13.1. The summed E-state index contributed by atoms with van der Waals surface area (Å²) in [5.74, 6) is 0. The van der Waals surface area contributed by atoms with Gasteiger partial charge in [0.25, 0.3) is 6.43 Å². The number of aromatic nitrogens is 2. The van der Waals surface area contributed by atoms with Crippen LogP contribution in [0.5, 0.6) is 0 Å². The molecule has 0 aliphatic rings. The fourth-order valence-electron chi connectivity index (χ4n) is 2.43. The van der Waals surface area contributed by atoms with Crippen molar-refractivity contribution < 1.29 is 8.78 Å². The van der Waals surface area contributed by atoms with Crippen LogP contribution in [-0.4, -0.2) is 9.97 Å². The molecule has 2 heterocycles. The van der Waals surface area contributed by atoms with Gasteiger partial charge in [-0.1, -0.05) is 23.7 Å². The molecular weight excluding hydrogens is 318 g/mol. The Hall–Kier alpha value is -2.33. The molecule has 0 bridgehead atoms. The Balaban J connectivity index is 2.09. The van der Waals surface area contributed by atoms with Gasteiger partial charge < -0.3 is 0 Å². The van der Waals surface area contributed by atoms with Crippen LogP contribution < -0.4 is 0 Å². The van der Waals surface area contributed by atoms with Gasteiger partial charge in [-0.2, -0.15) is 0 Å². The van der Waals surface area contributed by atoms with Crippen molar-refractivity contribution >= 4 is 11.6 Å². The highest BCUT2D eigenvalue weighted by Crippen LogP contribution is 2.31. The number of aryl methyl sites for hydroxylation is 1. The number of alkyl halides is 2. The molecule has 1 aromatic carbocycles. The number of benzene rings is 1. The maximum absolute atomic E-state index is 12.8. The van der Waals surface area contributed by atoms with E-state index < -0.39 is 6.43 Å². The lowest BCUT2D eigenvalue weighted by Crippen LogP contribution is -1.91. The maximum Gasteiger partial charge on any atom is 0.280 e. The van der Waals surface area contributed by atoms with Crippen molar-refractivity contribution in [3.05, 3.63) is 71.3 Å². The molecule has 5 heteroatoms. The second kappa shape index (κ2) is 6.42. The third-order valence-electron chi connectivity index (χ3n) is 3.61. The van der Waals surface area contributed by atoms with Crippen molar-refractivity contribution in [2.45, 2.75) is 13.3 Å². The lowest BCUT2D eigenvalue weighted by Gasteiger charge is -2.10. The molecule has 0 amide bonds. The molecule has 0 radical (unpaired) electrons. The molecule has 0 N–H and O–H groups in total. The molecule has 0 unspecified atom stereocenters. The number of hydrogen-bond acceptors (Lipinski definition) is 2. The summed E-state index contributed by atoms with van der Waals surface area (Å²) in [5, 5.41) is 0.413. The average Bonchev–Trinajstić information content (AvgIpc) is 2.55. The summed E-state index contributed by atoms with van der Waals surface area (Å²) in [5.41, 5.74) is 4.32. The molecule has 23 heavy (non-hydrogen) atoms. The standard InChI is InChI=1S/C18H13ClF2N2/c1-11-2-3-12(13-4-6-22-16(9-13)18(20)21)8-15(11)14-5-7-23-17(19)10-14/h2-10,18H,1H3. The van der Waals surface area contributed by atoms with Crippen LogP contribution >= 0.6 is 11.6 Å². The Morgan fingerprint density at radius 2 is 1.57 bits per heavy atom.